The first kappa shape index (κ1) is 27.7. The molecule has 12 heteroatoms. The molecule has 0 aliphatic carbocycles. The molecule has 0 spiro atoms. The number of esters is 2. The Labute approximate surface area is 244 Å². The van der Waals surface area contributed by atoms with Crippen molar-refractivity contribution in [3.63, 3.8) is 0 Å². The molecular weight excluding hydrogens is 554 g/mol. The second kappa shape index (κ2) is 11.8. The lowest BCUT2D eigenvalue weighted by atomic mass is 10.1. The minimum Gasteiger partial charge on any atom is -0.452 e. The van der Waals surface area contributed by atoms with E-state index in [4.69, 9.17) is 19.9 Å². The lowest BCUT2D eigenvalue weighted by molar-refractivity contribution is -0.0566. The number of aliphatic hydroxyl groups excluding tert-OH is 1. The summed E-state index contributed by atoms with van der Waals surface area (Å²) in [6.07, 6.45) is -3.42. The zero-order valence-corrected chi connectivity index (χ0v) is 22.5. The zero-order chi connectivity index (χ0) is 29.9. The van der Waals surface area contributed by atoms with Crippen LogP contribution in [0.5, 0.6) is 0 Å². The maximum Gasteiger partial charge on any atom is 0.338 e. The second-order valence-corrected chi connectivity index (χ2v) is 9.67. The van der Waals surface area contributed by atoms with Crippen LogP contribution in [0, 0.1) is 0 Å². The third-order valence-electron chi connectivity index (χ3n) is 6.93. The molecule has 3 N–H and O–H groups in total. The molecule has 0 amide bonds. The van der Waals surface area contributed by atoms with Gasteiger partial charge in [0.2, 0.25) is 11.6 Å². The Morgan fingerprint density at radius 1 is 0.791 bits per heavy atom. The van der Waals surface area contributed by atoms with Crippen LogP contribution in [-0.4, -0.2) is 67.3 Å². The first-order valence-electron chi connectivity index (χ1n) is 13.3. The van der Waals surface area contributed by atoms with Crippen LogP contribution in [0.1, 0.15) is 43.1 Å². The van der Waals surface area contributed by atoms with Crippen LogP contribution in [0.15, 0.2) is 97.3 Å². The predicted octanol–water partition coefficient (Wildman–Crippen LogP) is 2.98. The lowest BCUT2D eigenvalue weighted by Gasteiger charge is -2.24. The highest BCUT2D eigenvalue weighted by atomic mass is 16.6. The van der Waals surface area contributed by atoms with E-state index in [1.54, 1.807) is 91.0 Å². The second-order valence-electron chi connectivity index (χ2n) is 9.67. The molecule has 1 unspecified atom stereocenters. The summed E-state index contributed by atoms with van der Waals surface area (Å²) in [6.45, 7) is -0.565. The minimum atomic E-state index is -1.26. The number of carbonyl (C=O) groups is 3. The van der Waals surface area contributed by atoms with Gasteiger partial charge in [0.15, 0.2) is 29.9 Å². The van der Waals surface area contributed by atoms with Crippen LogP contribution in [0.4, 0.5) is 5.82 Å². The number of aromatic nitrogens is 4. The molecule has 0 radical (unpaired) electrons. The van der Waals surface area contributed by atoms with Crippen LogP contribution in [0.2, 0.25) is 0 Å². The highest BCUT2D eigenvalue weighted by molar-refractivity contribution is 6.07. The fourth-order valence-corrected chi connectivity index (χ4v) is 4.82. The quantitative estimate of drug-likeness (QED) is 0.205. The Kier molecular flexibility index (Phi) is 7.60. The van der Waals surface area contributed by atoms with E-state index in [9.17, 15) is 19.5 Å². The van der Waals surface area contributed by atoms with Gasteiger partial charge in [-0.1, -0.05) is 66.7 Å². The van der Waals surface area contributed by atoms with Gasteiger partial charge in [-0.3, -0.25) is 9.36 Å². The smallest absolute Gasteiger partial charge is 0.338 e. The first-order valence-corrected chi connectivity index (χ1v) is 13.3. The van der Waals surface area contributed by atoms with Crippen molar-refractivity contribution in [3.8, 4) is 0 Å². The van der Waals surface area contributed by atoms with Crippen molar-refractivity contribution in [2.45, 2.75) is 24.5 Å². The van der Waals surface area contributed by atoms with Crippen LogP contribution in [0.25, 0.3) is 11.2 Å². The van der Waals surface area contributed by atoms with Gasteiger partial charge in [-0.05, 0) is 24.3 Å². The number of carbonyl (C=O) groups excluding carboxylic acids is 3. The van der Waals surface area contributed by atoms with Crippen LogP contribution < -0.4 is 5.73 Å². The maximum atomic E-state index is 13.2. The topological polar surface area (TPSA) is 169 Å². The number of nitrogens with zero attached hydrogens (tertiary/aromatic N) is 4. The molecular formula is C31H25N5O7. The normalized spacial score (nSPS) is 19.7. The fraction of sp³-hybridized carbons (Fsp3) is 0.161. The van der Waals surface area contributed by atoms with Crippen LogP contribution in [0.3, 0.4) is 0 Å². The zero-order valence-electron chi connectivity index (χ0n) is 22.5. The molecule has 3 aromatic carbocycles. The number of nitrogens with two attached hydrogens (primary N) is 1. The number of benzene rings is 3. The van der Waals surface area contributed by atoms with Gasteiger partial charge in [0, 0.05) is 5.56 Å². The van der Waals surface area contributed by atoms with Crippen molar-refractivity contribution in [2.24, 2.45) is 0 Å². The highest BCUT2D eigenvalue weighted by Crippen LogP contribution is 2.37. The standard InChI is InChI=1S/C31H25N5O7/c32-26-22-28(35-27(34-26)23(38)18-10-4-1-5-11-18)36(17-33-22)29-25(43-31(40)20-14-8-3-9-15-20)24(21(16-37)41-29)42-30(39)19-12-6-2-7-13-19/h1-15,17,21,24-25,29,37H,16H2,(H2,32,34,35)/t21-,24-,25-,29?/m1/s1. The average Bonchev–Trinajstić information content (AvgIpc) is 3.63. The number of ketones is 1. The Morgan fingerprint density at radius 2 is 1.33 bits per heavy atom. The van der Waals surface area contributed by atoms with E-state index in [1.807, 2.05) is 0 Å². The van der Waals surface area contributed by atoms with Crippen molar-refractivity contribution in [2.75, 3.05) is 12.3 Å². The first-order chi connectivity index (χ1) is 20.9. The molecule has 12 nitrogen and oxygen atoms in total. The van der Waals surface area contributed by atoms with E-state index in [-0.39, 0.29) is 33.9 Å². The summed E-state index contributed by atoms with van der Waals surface area (Å²) in [6, 6.07) is 25.0. The van der Waals surface area contributed by atoms with Crippen LogP contribution in [-0.2, 0) is 14.2 Å². The Hall–Kier alpha value is -5.46. The van der Waals surface area contributed by atoms with E-state index < -0.39 is 48.9 Å². The Balaban J connectivity index is 1.41. The fourth-order valence-electron chi connectivity index (χ4n) is 4.82. The molecule has 0 bridgehead atoms. The van der Waals surface area contributed by atoms with Crippen molar-refractivity contribution in [1.82, 2.24) is 19.5 Å². The van der Waals surface area contributed by atoms with Gasteiger partial charge in [-0.25, -0.2) is 24.5 Å². The van der Waals surface area contributed by atoms with Crippen molar-refractivity contribution >= 4 is 34.7 Å². The predicted molar refractivity (Wildman–Crippen MR) is 152 cm³/mol. The highest BCUT2D eigenvalue weighted by Gasteiger charge is 2.51. The van der Waals surface area contributed by atoms with Crippen molar-refractivity contribution in [3.05, 3.63) is 120 Å². The van der Waals surface area contributed by atoms with E-state index >= 15 is 0 Å². The monoisotopic (exact) mass is 579 g/mol. The molecule has 5 aromatic rings. The van der Waals surface area contributed by atoms with Crippen molar-refractivity contribution in [1.29, 1.82) is 0 Å². The van der Waals surface area contributed by atoms with Crippen LogP contribution >= 0.6 is 0 Å². The summed E-state index contributed by atoms with van der Waals surface area (Å²) < 4.78 is 19.2. The summed E-state index contributed by atoms with van der Waals surface area (Å²) in [5, 5.41) is 10.2. The molecule has 1 aliphatic heterocycles. The van der Waals surface area contributed by atoms with E-state index in [1.165, 1.54) is 10.9 Å². The van der Waals surface area contributed by atoms with Gasteiger partial charge >= 0.3 is 11.9 Å². The number of fused-ring (bicyclic) bond motifs is 1. The number of anilines is 1. The largest absolute Gasteiger partial charge is 0.452 e. The number of aliphatic hydroxyl groups is 1. The van der Waals surface area contributed by atoms with Crippen molar-refractivity contribution < 1.29 is 33.7 Å². The van der Waals surface area contributed by atoms with Gasteiger partial charge in [0.25, 0.3) is 0 Å². The number of hydrogen-bond donors (Lipinski definition) is 2. The Morgan fingerprint density at radius 3 is 1.88 bits per heavy atom. The molecule has 1 fully saturated rings. The summed E-state index contributed by atoms with van der Waals surface area (Å²) in [5.41, 5.74) is 7.32. The third kappa shape index (κ3) is 5.44. The summed E-state index contributed by atoms with van der Waals surface area (Å²) in [5.74, 6) is -2.11. The van der Waals surface area contributed by atoms with E-state index in [0.29, 0.717) is 5.56 Å². The summed E-state index contributed by atoms with van der Waals surface area (Å²) in [4.78, 5) is 52.4. The number of imidazole rings is 1. The van der Waals surface area contributed by atoms with Gasteiger partial charge in [0.05, 0.1) is 24.1 Å². The molecule has 4 atom stereocenters. The van der Waals surface area contributed by atoms with E-state index in [2.05, 4.69) is 15.0 Å². The SMILES string of the molecule is Nc1nc(C(=O)c2ccccc2)nc2c1ncn2C1O[C@H](CO)[C@@H](OC(=O)c2ccccc2)[C@H]1OC(=O)c1ccccc1. The molecule has 0 saturated carbocycles. The summed E-state index contributed by atoms with van der Waals surface area (Å²) in [7, 11) is 0. The Bertz CT molecular complexity index is 1780. The molecule has 2 aromatic heterocycles. The molecule has 1 aliphatic rings. The van der Waals surface area contributed by atoms with Gasteiger partial charge in [-0.15, -0.1) is 0 Å². The van der Waals surface area contributed by atoms with Gasteiger partial charge < -0.3 is 25.1 Å². The minimum absolute atomic E-state index is 0.0513. The third-order valence-corrected chi connectivity index (χ3v) is 6.93. The molecule has 43 heavy (non-hydrogen) atoms. The number of hydrogen-bond acceptors (Lipinski definition) is 11. The average molecular weight is 580 g/mol. The molecule has 3 heterocycles. The lowest BCUT2D eigenvalue weighted by Crippen LogP contribution is -2.40. The number of ether oxygens (including phenoxy) is 3. The maximum absolute atomic E-state index is 13.2. The number of nitrogen functional groups attached to an aromatic ring is 1. The summed E-state index contributed by atoms with van der Waals surface area (Å²) >= 11 is 0. The number of rotatable bonds is 8. The molecule has 216 valence electrons. The molecule has 6 rings (SSSR count). The van der Waals surface area contributed by atoms with Gasteiger partial charge in [-0.2, -0.15) is 0 Å². The van der Waals surface area contributed by atoms with E-state index in [0.717, 1.165) is 0 Å². The van der Waals surface area contributed by atoms with Gasteiger partial charge in [0.1, 0.15) is 11.6 Å². The molecule has 1 saturated heterocycles.